The van der Waals surface area contributed by atoms with Crippen LogP contribution in [0.3, 0.4) is 0 Å². The summed E-state index contributed by atoms with van der Waals surface area (Å²) in [5, 5.41) is 5.36. The van der Waals surface area contributed by atoms with Gasteiger partial charge in [-0.2, -0.15) is 5.10 Å². The van der Waals surface area contributed by atoms with Gasteiger partial charge >= 0.3 is 0 Å². The van der Waals surface area contributed by atoms with Crippen molar-refractivity contribution in [1.29, 1.82) is 0 Å². The minimum atomic E-state index is -0.206. The SMILES string of the molecule is Cc1ccc(Cn2cc(/C=N\NC(=O)c3ccc(N4CCCC4)cc3)c3ccccc32)cc1. The second-order valence-electron chi connectivity index (χ2n) is 8.66. The molecular weight excluding hydrogens is 408 g/mol. The number of hydrogen-bond acceptors (Lipinski definition) is 3. The van der Waals surface area contributed by atoms with Gasteiger partial charge in [-0.3, -0.25) is 4.79 Å². The molecule has 1 aliphatic heterocycles. The van der Waals surface area contributed by atoms with Crippen molar-refractivity contribution in [1.82, 2.24) is 9.99 Å². The molecule has 0 atom stereocenters. The number of carbonyl (C=O) groups excluding carboxylic acids is 1. The van der Waals surface area contributed by atoms with Crippen molar-refractivity contribution < 1.29 is 4.79 Å². The molecule has 5 heteroatoms. The number of aryl methyl sites for hydroxylation is 1. The maximum atomic E-state index is 12.6. The third-order valence-corrected chi connectivity index (χ3v) is 6.26. The van der Waals surface area contributed by atoms with Crippen LogP contribution in [0.4, 0.5) is 5.69 Å². The van der Waals surface area contributed by atoms with Gasteiger partial charge in [-0.05, 0) is 55.7 Å². The maximum Gasteiger partial charge on any atom is 0.271 e. The molecule has 1 fully saturated rings. The Morgan fingerprint density at radius 3 is 2.45 bits per heavy atom. The minimum Gasteiger partial charge on any atom is -0.372 e. The lowest BCUT2D eigenvalue weighted by molar-refractivity contribution is 0.0955. The van der Waals surface area contributed by atoms with Gasteiger partial charge in [0.1, 0.15) is 0 Å². The van der Waals surface area contributed by atoms with Crippen LogP contribution in [-0.4, -0.2) is 29.8 Å². The highest BCUT2D eigenvalue weighted by Gasteiger charge is 2.13. The summed E-state index contributed by atoms with van der Waals surface area (Å²) >= 11 is 0. The lowest BCUT2D eigenvalue weighted by Gasteiger charge is -2.17. The molecule has 0 radical (unpaired) electrons. The van der Waals surface area contributed by atoms with E-state index >= 15 is 0 Å². The van der Waals surface area contributed by atoms with Gasteiger partial charge in [-0.25, -0.2) is 5.43 Å². The van der Waals surface area contributed by atoms with Crippen molar-refractivity contribution in [2.24, 2.45) is 5.10 Å². The zero-order valence-corrected chi connectivity index (χ0v) is 18.9. The van der Waals surface area contributed by atoms with E-state index in [1.54, 1.807) is 6.21 Å². The summed E-state index contributed by atoms with van der Waals surface area (Å²) in [5.41, 5.74) is 9.07. The summed E-state index contributed by atoms with van der Waals surface area (Å²) in [5.74, 6) is -0.206. The molecule has 166 valence electrons. The number of aromatic nitrogens is 1. The average Bonchev–Trinajstić information content (AvgIpc) is 3.50. The van der Waals surface area contributed by atoms with Gasteiger partial charge in [-0.1, -0.05) is 48.0 Å². The van der Waals surface area contributed by atoms with Crippen LogP contribution in [-0.2, 0) is 6.54 Å². The van der Waals surface area contributed by atoms with Crippen molar-refractivity contribution in [2.45, 2.75) is 26.3 Å². The number of anilines is 1. The molecule has 5 rings (SSSR count). The number of amides is 1. The van der Waals surface area contributed by atoms with Crippen LogP contribution in [0.1, 0.15) is 39.9 Å². The molecule has 1 aromatic heterocycles. The Balaban J connectivity index is 1.30. The molecule has 5 nitrogen and oxygen atoms in total. The first-order valence-electron chi connectivity index (χ1n) is 11.5. The maximum absolute atomic E-state index is 12.6. The number of nitrogens with zero attached hydrogens (tertiary/aromatic N) is 3. The van der Waals surface area contributed by atoms with E-state index in [9.17, 15) is 4.79 Å². The van der Waals surface area contributed by atoms with Crippen LogP contribution < -0.4 is 10.3 Å². The van der Waals surface area contributed by atoms with Crippen LogP contribution in [0.5, 0.6) is 0 Å². The van der Waals surface area contributed by atoms with E-state index in [-0.39, 0.29) is 5.91 Å². The summed E-state index contributed by atoms with van der Waals surface area (Å²) in [7, 11) is 0. The quantitative estimate of drug-likeness (QED) is 0.327. The molecule has 1 saturated heterocycles. The van der Waals surface area contributed by atoms with Crippen molar-refractivity contribution in [3.05, 3.63) is 101 Å². The molecule has 1 aliphatic rings. The van der Waals surface area contributed by atoms with E-state index in [2.05, 4.69) is 69.5 Å². The molecule has 33 heavy (non-hydrogen) atoms. The Morgan fingerprint density at radius 2 is 1.70 bits per heavy atom. The summed E-state index contributed by atoms with van der Waals surface area (Å²) in [6.07, 6.45) is 6.28. The number of hydrogen-bond donors (Lipinski definition) is 1. The smallest absolute Gasteiger partial charge is 0.271 e. The van der Waals surface area contributed by atoms with Gasteiger partial charge in [0, 0.05) is 53.5 Å². The molecule has 4 aromatic rings. The highest BCUT2D eigenvalue weighted by atomic mass is 16.2. The van der Waals surface area contributed by atoms with Gasteiger partial charge in [0.05, 0.1) is 6.21 Å². The standard InChI is InChI=1S/C28H28N4O/c1-21-8-10-22(11-9-21)19-32-20-24(26-6-2-3-7-27(26)32)18-29-30-28(33)23-12-14-25(15-13-23)31-16-4-5-17-31/h2-3,6-15,18,20H,4-5,16-17,19H2,1H3,(H,30,33)/b29-18-. The Labute approximate surface area is 194 Å². The fraction of sp³-hybridized carbons (Fsp3) is 0.214. The molecule has 0 saturated carbocycles. The largest absolute Gasteiger partial charge is 0.372 e. The summed E-state index contributed by atoms with van der Waals surface area (Å²) in [6.45, 7) is 5.06. The number of nitrogens with one attached hydrogen (secondary N) is 1. The normalized spacial score (nSPS) is 13.8. The van der Waals surface area contributed by atoms with Crippen molar-refractivity contribution in [3.63, 3.8) is 0 Å². The van der Waals surface area contributed by atoms with E-state index in [0.29, 0.717) is 5.56 Å². The van der Waals surface area contributed by atoms with Crippen LogP contribution in [0, 0.1) is 6.92 Å². The average molecular weight is 437 g/mol. The lowest BCUT2D eigenvalue weighted by Crippen LogP contribution is -2.19. The first-order valence-corrected chi connectivity index (χ1v) is 11.5. The molecule has 0 bridgehead atoms. The van der Waals surface area contributed by atoms with Crippen molar-refractivity contribution in [3.8, 4) is 0 Å². The number of fused-ring (bicyclic) bond motifs is 1. The number of para-hydroxylation sites is 1. The number of carbonyl (C=O) groups is 1. The molecule has 1 amide bonds. The Kier molecular flexibility index (Phi) is 5.94. The number of benzene rings is 3. The first-order chi connectivity index (χ1) is 16.2. The van der Waals surface area contributed by atoms with Crippen LogP contribution in [0.2, 0.25) is 0 Å². The van der Waals surface area contributed by atoms with Crippen molar-refractivity contribution >= 4 is 28.7 Å². The molecule has 0 unspecified atom stereocenters. The zero-order chi connectivity index (χ0) is 22.6. The zero-order valence-electron chi connectivity index (χ0n) is 18.9. The lowest BCUT2D eigenvalue weighted by atomic mass is 10.1. The molecule has 3 aromatic carbocycles. The molecule has 0 aliphatic carbocycles. The van der Waals surface area contributed by atoms with E-state index < -0.39 is 0 Å². The fourth-order valence-electron chi connectivity index (χ4n) is 4.42. The highest BCUT2D eigenvalue weighted by molar-refractivity contribution is 6.00. The highest BCUT2D eigenvalue weighted by Crippen LogP contribution is 2.22. The topological polar surface area (TPSA) is 49.6 Å². The second-order valence-corrected chi connectivity index (χ2v) is 8.66. The van der Waals surface area contributed by atoms with Gasteiger partial charge in [0.2, 0.25) is 0 Å². The Hall–Kier alpha value is -3.86. The molecule has 0 spiro atoms. The third-order valence-electron chi connectivity index (χ3n) is 6.26. The molecular formula is C28H28N4O. The third kappa shape index (κ3) is 4.67. The second kappa shape index (κ2) is 9.33. The predicted octanol–water partition coefficient (Wildman–Crippen LogP) is 5.36. The Morgan fingerprint density at radius 1 is 0.970 bits per heavy atom. The van der Waals surface area contributed by atoms with E-state index in [4.69, 9.17) is 0 Å². The molecule has 2 heterocycles. The summed E-state index contributed by atoms with van der Waals surface area (Å²) in [6, 6.07) is 24.6. The number of hydrazone groups is 1. The van der Waals surface area contributed by atoms with Gasteiger partial charge in [0.25, 0.3) is 5.91 Å². The van der Waals surface area contributed by atoms with Gasteiger partial charge in [-0.15, -0.1) is 0 Å². The van der Waals surface area contributed by atoms with Gasteiger partial charge < -0.3 is 9.47 Å². The van der Waals surface area contributed by atoms with Gasteiger partial charge in [0.15, 0.2) is 0 Å². The van der Waals surface area contributed by atoms with Crippen LogP contribution in [0.15, 0.2) is 84.1 Å². The Bertz CT molecular complexity index is 1280. The first kappa shape index (κ1) is 21.0. The van der Waals surface area contributed by atoms with Crippen LogP contribution >= 0.6 is 0 Å². The monoisotopic (exact) mass is 436 g/mol. The summed E-state index contributed by atoms with van der Waals surface area (Å²) < 4.78 is 2.22. The van der Waals surface area contributed by atoms with E-state index in [1.165, 1.54) is 29.7 Å². The van der Waals surface area contributed by atoms with E-state index in [0.717, 1.165) is 36.1 Å². The fourth-order valence-corrected chi connectivity index (χ4v) is 4.42. The predicted molar refractivity (Wildman–Crippen MR) is 135 cm³/mol. The minimum absolute atomic E-state index is 0.206. The molecule has 1 N–H and O–H groups in total. The summed E-state index contributed by atoms with van der Waals surface area (Å²) in [4.78, 5) is 14.9. The van der Waals surface area contributed by atoms with E-state index in [1.807, 2.05) is 36.4 Å². The van der Waals surface area contributed by atoms with Crippen molar-refractivity contribution in [2.75, 3.05) is 18.0 Å². The van der Waals surface area contributed by atoms with Crippen LogP contribution in [0.25, 0.3) is 10.9 Å². The number of rotatable bonds is 6.